The minimum atomic E-state index is -0.255. The lowest BCUT2D eigenvalue weighted by Gasteiger charge is -2.51. The van der Waals surface area contributed by atoms with Crippen LogP contribution in [0, 0.1) is 0 Å². The van der Waals surface area contributed by atoms with Crippen LogP contribution < -0.4 is 9.64 Å². The molecule has 0 spiro atoms. The monoisotopic (exact) mass is 323 g/mol. The summed E-state index contributed by atoms with van der Waals surface area (Å²) in [6.07, 6.45) is 0.864. The van der Waals surface area contributed by atoms with Gasteiger partial charge in [-0.3, -0.25) is 4.79 Å². The molecule has 1 heterocycles. The number of carbonyl (C=O) groups excluding carboxylic acids is 1. The number of hydrogen-bond acceptors (Lipinski definition) is 2. The second kappa shape index (κ2) is 5.66. The molecule has 0 aliphatic carbocycles. The second-order valence-electron chi connectivity index (χ2n) is 7.42. The van der Waals surface area contributed by atoms with Crippen LogP contribution in [-0.4, -0.2) is 18.6 Å². The predicted octanol–water partition coefficient (Wildman–Crippen LogP) is 4.54. The number of carbonyl (C=O) groups is 1. The Balaban J connectivity index is 2.20. The largest absolute Gasteiger partial charge is 0.497 e. The molecule has 3 heteroatoms. The fourth-order valence-electron chi connectivity index (χ4n) is 4.31. The van der Waals surface area contributed by atoms with Crippen LogP contribution in [0.15, 0.2) is 48.5 Å². The summed E-state index contributed by atoms with van der Waals surface area (Å²) in [4.78, 5) is 14.3. The van der Waals surface area contributed by atoms with Crippen LogP contribution in [0.4, 0.5) is 5.69 Å². The molecule has 0 saturated carbocycles. The fourth-order valence-corrected chi connectivity index (χ4v) is 4.31. The van der Waals surface area contributed by atoms with E-state index in [9.17, 15) is 4.79 Å². The predicted molar refractivity (Wildman–Crippen MR) is 97.7 cm³/mol. The SMILES string of the molecule is COc1ccc(C2(C)CC(C)(C)N(C(C)=O)c3ccccc32)cc1. The molecule has 0 radical (unpaired) electrons. The van der Waals surface area contributed by atoms with Crippen molar-refractivity contribution in [3.8, 4) is 5.75 Å². The van der Waals surface area contributed by atoms with Crippen LogP contribution in [0.5, 0.6) is 5.75 Å². The minimum absolute atomic E-state index is 0.0873. The van der Waals surface area contributed by atoms with Crippen LogP contribution in [0.2, 0.25) is 0 Å². The van der Waals surface area contributed by atoms with Crippen molar-refractivity contribution in [2.45, 2.75) is 45.1 Å². The highest BCUT2D eigenvalue weighted by molar-refractivity contribution is 5.95. The molecule has 0 aromatic heterocycles. The lowest BCUT2D eigenvalue weighted by atomic mass is 9.65. The van der Waals surface area contributed by atoms with E-state index in [1.54, 1.807) is 14.0 Å². The molecular formula is C21H25NO2. The summed E-state index contributed by atoms with van der Waals surface area (Å²) in [5, 5.41) is 0. The van der Waals surface area contributed by atoms with Gasteiger partial charge in [0.05, 0.1) is 7.11 Å². The number of methoxy groups -OCH3 is 1. The highest BCUT2D eigenvalue weighted by Gasteiger charge is 2.46. The third-order valence-electron chi connectivity index (χ3n) is 5.17. The van der Waals surface area contributed by atoms with Crippen LogP contribution in [0.3, 0.4) is 0 Å². The van der Waals surface area contributed by atoms with E-state index in [1.165, 1.54) is 11.1 Å². The molecule has 126 valence electrons. The number of anilines is 1. The Morgan fingerprint density at radius 2 is 1.67 bits per heavy atom. The van der Waals surface area contributed by atoms with Crippen LogP contribution in [0.1, 0.15) is 45.2 Å². The molecule has 1 aliphatic heterocycles. The third kappa shape index (κ3) is 2.48. The van der Waals surface area contributed by atoms with Gasteiger partial charge in [0.15, 0.2) is 0 Å². The summed E-state index contributed by atoms with van der Waals surface area (Å²) < 4.78 is 5.30. The van der Waals surface area contributed by atoms with Gasteiger partial charge in [0, 0.05) is 23.6 Å². The van der Waals surface area contributed by atoms with Crippen molar-refractivity contribution in [1.29, 1.82) is 0 Å². The van der Waals surface area contributed by atoms with E-state index >= 15 is 0 Å². The van der Waals surface area contributed by atoms with Crippen molar-refractivity contribution >= 4 is 11.6 Å². The molecule has 1 atom stereocenters. The Labute approximate surface area is 144 Å². The van der Waals surface area contributed by atoms with E-state index < -0.39 is 0 Å². The van der Waals surface area contributed by atoms with Gasteiger partial charge in [0.1, 0.15) is 5.75 Å². The first-order valence-corrected chi connectivity index (χ1v) is 8.34. The van der Waals surface area contributed by atoms with Gasteiger partial charge in [0.2, 0.25) is 5.91 Å². The summed E-state index contributed by atoms with van der Waals surface area (Å²) in [5.74, 6) is 0.945. The molecule has 2 aromatic rings. The molecular weight excluding hydrogens is 298 g/mol. The first-order chi connectivity index (χ1) is 11.3. The fraction of sp³-hybridized carbons (Fsp3) is 0.381. The normalized spacial score (nSPS) is 22.0. The first-order valence-electron chi connectivity index (χ1n) is 8.34. The number of rotatable bonds is 2. The van der Waals surface area contributed by atoms with Gasteiger partial charge in [-0.1, -0.05) is 37.3 Å². The molecule has 0 fully saturated rings. The maximum absolute atomic E-state index is 12.3. The quantitative estimate of drug-likeness (QED) is 0.812. The lowest BCUT2D eigenvalue weighted by Crippen LogP contribution is -2.55. The number of para-hydroxylation sites is 1. The maximum atomic E-state index is 12.3. The summed E-state index contributed by atoms with van der Waals surface area (Å²) in [6.45, 7) is 8.21. The van der Waals surface area contributed by atoms with Crippen LogP contribution in [0.25, 0.3) is 0 Å². The Bertz CT molecular complexity index is 764. The van der Waals surface area contributed by atoms with Gasteiger partial charge >= 0.3 is 0 Å². The molecule has 0 saturated heterocycles. The summed E-state index contributed by atoms with van der Waals surface area (Å²) in [6, 6.07) is 16.5. The first kappa shape index (κ1) is 16.6. The van der Waals surface area contributed by atoms with Crippen molar-refractivity contribution in [3.63, 3.8) is 0 Å². The van der Waals surface area contributed by atoms with Crippen molar-refractivity contribution in [2.75, 3.05) is 12.0 Å². The number of hydrogen-bond donors (Lipinski definition) is 0. The molecule has 3 rings (SSSR count). The standard InChI is InChI=1S/C21H25NO2/c1-15(23)22-19-9-7-6-8-18(19)21(4,14-20(22,2)3)16-10-12-17(24-5)13-11-16/h6-13H,14H2,1-5H3. The number of amides is 1. The highest BCUT2D eigenvalue weighted by Crippen LogP contribution is 2.50. The summed E-state index contributed by atoms with van der Waals surface area (Å²) in [7, 11) is 1.68. The molecule has 1 aliphatic rings. The van der Waals surface area contributed by atoms with Gasteiger partial charge in [-0.05, 0) is 49.6 Å². The van der Waals surface area contributed by atoms with E-state index in [0.717, 1.165) is 17.9 Å². The highest BCUT2D eigenvalue weighted by atomic mass is 16.5. The zero-order chi connectivity index (χ0) is 17.5. The summed E-state index contributed by atoms with van der Waals surface area (Å²) in [5.41, 5.74) is 3.05. The Morgan fingerprint density at radius 3 is 2.25 bits per heavy atom. The van der Waals surface area contributed by atoms with Crippen LogP contribution >= 0.6 is 0 Å². The molecule has 1 amide bonds. The van der Waals surface area contributed by atoms with Gasteiger partial charge in [-0.25, -0.2) is 0 Å². The molecule has 2 aromatic carbocycles. The maximum Gasteiger partial charge on any atom is 0.224 e. The van der Waals surface area contributed by atoms with Gasteiger partial charge in [0.25, 0.3) is 0 Å². The number of fused-ring (bicyclic) bond motifs is 1. The van der Waals surface area contributed by atoms with E-state index in [-0.39, 0.29) is 16.9 Å². The number of benzene rings is 2. The summed E-state index contributed by atoms with van der Waals surface area (Å²) >= 11 is 0. The van der Waals surface area contributed by atoms with Gasteiger partial charge < -0.3 is 9.64 Å². The topological polar surface area (TPSA) is 29.5 Å². The Morgan fingerprint density at radius 1 is 1.04 bits per heavy atom. The molecule has 3 nitrogen and oxygen atoms in total. The molecule has 1 unspecified atom stereocenters. The average Bonchev–Trinajstić information content (AvgIpc) is 2.53. The van der Waals surface area contributed by atoms with Gasteiger partial charge in [-0.2, -0.15) is 0 Å². The van der Waals surface area contributed by atoms with E-state index in [4.69, 9.17) is 4.74 Å². The Hall–Kier alpha value is -2.29. The molecule has 24 heavy (non-hydrogen) atoms. The smallest absolute Gasteiger partial charge is 0.224 e. The minimum Gasteiger partial charge on any atom is -0.497 e. The van der Waals surface area contributed by atoms with Crippen molar-refractivity contribution < 1.29 is 9.53 Å². The van der Waals surface area contributed by atoms with E-state index in [1.807, 2.05) is 23.1 Å². The van der Waals surface area contributed by atoms with E-state index in [0.29, 0.717) is 0 Å². The van der Waals surface area contributed by atoms with Gasteiger partial charge in [-0.15, -0.1) is 0 Å². The van der Waals surface area contributed by atoms with Crippen molar-refractivity contribution in [1.82, 2.24) is 0 Å². The number of nitrogens with zero attached hydrogens (tertiary/aromatic N) is 1. The Kier molecular flexibility index (Phi) is 3.90. The van der Waals surface area contributed by atoms with Crippen molar-refractivity contribution in [3.05, 3.63) is 59.7 Å². The number of ether oxygens (including phenoxy) is 1. The van der Waals surface area contributed by atoms with Crippen LogP contribution in [-0.2, 0) is 10.2 Å². The zero-order valence-electron chi connectivity index (χ0n) is 15.1. The third-order valence-corrected chi connectivity index (χ3v) is 5.17. The van der Waals surface area contributed by atoms with Crippen molar-refractivity contribution in [2.24, 2.45) is 0 Å². The molecule has 0 N–H and O–H groups in total. The molecule has 0 bridgehead atoms. The lowest BCUT2D eigenvalue weighted by molar-refractivity contribution is -0.117. The van der Waals surface area contributed by atoms with E-state index in [2.05, 4.69) is 51.1 Å². The average molecular weight is 323 g/mol. The zero-order valence-corrected chi connectivity index (χ0v) is 15.1. The second-order valence-corrected chi connectivity index (χ2v) is 7.42.